The number of hydrogen-bond donors (Lipinski definition) is 2. The molecule has 6 heteroatoms. The zero-order chi connectivity index (χ0) is 21.8. The number of aryl methyl sites for hydroxylation is 1. The number of Topliss-reactive ketones (excluding diaryl/α,β-unsaturated/α-hetero) is 1. The van der Waals surface area contributed by atoms with Crippen LogP contribution in [-0.4, -0.2) is 34.8 Å². The molecule has 1 heterocycles. The van der Waals surface area contributed by atoms with E-state index in [1.807, 2.05) is 18.2 Å². The van der Waals surface area contributed by atoms with Gasteiger partial charge in [-0.05, 0) is 62.3 Å². The summed E-state index contributed by atoms with van der Waals surface area (Å²) in [6.45, 7) is 3.39. The van der Waals surface area contributed by atoms with Gasteiger partial charge >= 0.3 is 5.97 Å². The minimum Gasteiger partial charge on any atom is -0.457 e. The van der Waals surface area contributed by atoms with Crippen molar-refractivity contribution in [2.45, 2.75) is 64.3 Å². The highest BCUT2D eigenvalue weighted by molar-refractivity contribution is 6.09. The van der Waals surface area contributed by atoms with Gasteiger partial charge in [0.15, 0.2) is 6.61 Å². The summed E-state index contributed by atoms with van der Waals surface area (Å²) in [6.07, 6.45) is 7.88. The van der Waals surface area contributed by atoms with Gasteiger partial charge in [-0.2, -0.15) is 0 Å². The number of para-hydroxylation sites is 1. The van der Waals surface area contributed by atoms with Crippen LogP contribution in [0.25, 0.3) is 10.9 Å². The second kappa shape index (κ2) is 7.21. The normalized spacial score (nSPS) is 31.0. The van der Waals surface area contributed by atoms with E-state index < -0.39 is 5.41 Å². The molecule has 4 aliphatic rings. The number of rotatable bonds is 6. The van der Waals surface area contributed by atoms with Gasteiger partial charge in [-0.3, -0.25) is 14.4 Å². The number of nitrogens with one attached hydrogen (secondary N) is 2. The van der Waals surface area contributed by atoms with E-state index in [4.69, 9.17) is 4.74 Å². The van der Waals surface area contributed by atoms with Crippen molar-refractivity contribution in [2.24, 2.45) is 17.3 Å². The molecule has 0 radical (unpaired) electrons. The maximum atomic E-state index is 13.3. The van der Waals surface area contributed by atoms with E-state index >= 15 is 0 Å². The molecule has 164 valence electrons. The molecule has 4 fully saturated rings. The standard InChI is InChI=1S/C25H30N2O4/c1-3-18-5-4-6-19-20(12-26-22(18)19)21(29)13-31-23(30)24-8-16-7-17(9-24)11-25(10-16,14-24)27-15(2)28/h4-6,12,16-17,26H,3,7-11,13-14H2,1-2H3,(H,27,28)/t16-,17-,24?,25?/m1/s1. The second-order valence-electron chi connectivity index (χ2n) is 10.1. The van der Waals surface area contributed by atoms with Crippen molar-refractivity contribution in [3.05, 3.63) is 35.5 Å². The van der Waals surface area contributed by atoms with E-state index in [0.717, 1.165) is 55.0 Å². The molecule has 6 nitrogen and oxygen atoms in total. The molecule has 1 amide bonds. The molecular weight excluding hydrogens is 392 g/mol. The van der Waals surface area contributed by atoms with Gasteiger partial charge in [-0.25, -0.2) is 0 Å². The number of aromatic amines is 1. The average molecular weight is 423 g/mol. The van der Waals surface area contributed by atoms with Gasteiger partial charge in [-0.15, -0.1) is 0 Å². The summed E-state index contributed by atoms with van der Waals surface area (Å²) in [5.41, 5.74) is 1.84. The summed E-state index contributed by atoms with van der Waals surface area (Å²) in [5.74, 6) is 0.397. The van der Waals surface area contributed by atoms with Gasteiger partial charge < -0.3 is 15.0 Å². The highest BCUT2D eigenvalue weighted by Gasteiger charge is 2.61. The van der Waals surface area contributed by atoms with E-state index in [9.17, 15) is 14.4 Å². The molecule has 6 rings (SSSR count). The van der Waals surface area contributed by atoms with E-state index in [2.05, 4.69) is 17.2 Å². The van der Waals surface area contributed by atoms with Crippen LogP contribution in [0.5, 0.6) is 0 Å². The first-order valence-electron chi connectivity index (χ1n) is 11.4. The number of carbonyl (C=O) groups excluding carboxylic acids is 3. The monoisotopic (exact) mass is 422 g/mol. The Morgan fingerprint density at radius 3 is 2.58 bits per heavy atom. The van der Waals surface area contributed by atoms with Crippen LogP contribution in [0.1, 0.15) is 68.3 Å². The molecule has 2 N–H and O–H groups in total. The first-order valence-corrected chi connectivity index (χ1v) is 11.4. The van der Waals surface area contributed by atoms with E-state index in [1.54, 1.807) is 13.1 Å². The van der Waals surface area contributed by atoms with Crippen molar-refractivity contribution in [2.75, 3.05) is 6.61 Å². The Hall–Kier alpha value is -2.63. The predicted molar refractivity (Wildman–Crippen MR) is 117 cm³/mol. The SMILES string of the molecule is CCc1cccc2c(C(=O)COC(=O)C34C[C@H]5C[C@@H](CC(NC(C)=O)(C5)C3)C4)c[nH]c12. The number of carbonyl (C=O) groups is 3. The first-order chi connectivity index (χ1) is 14.8. The minimum atomic E-state index is -0.567. The summed E-state index contributed by atoms with van der Waals surface area (Å²) in [6, 6.07) is 5.93. The van der Waals surface area contributed by atoms with E-state index in [1.165, 1.54) is 0 Å². The Morgan fingerprint density at radius 2 is 1.90 bits per heavy atom. The Balaban J connectivity index is 1.32. The number of amides is 1. The van der Waals surface area contributed by atoms with Crippen LogP contribution in [0.15, 0.2) is 24.4 Å². The van der Waals surface area contributed by atoms with Crippen molar-refractivity contribution in [1.29, 1.82) is 0 Å². The van der Waals surface area contributed by atoms with Gasteiger partial charge in [0, 0.05) is 35.1 Å². The molecule has 0 unspecified atom stereocenters. The van der Waals surface area contributed by atoms with Crippen molar-refractivity contribution in [3.8, 4) is 0 Å². The van der Waals surface area contributed by atoms with Crippen LogP contribution in [0, 0.1) is 17.3 Å². The van der Waals surface area contributed by atoms with Crippen LogP contribution in [-0.2, 0) is 20.7 Å². The number of H-pyrrole nitrogens is 1. The molecule has 2 aromatic rings. The fourth-order valence-electron chi connectivity index (χ4n) is 7.13. The largest absolute Gasteiger partial charge is 0.457 e. The maximum absolute atomic E-state index is 13.3. The minimum absolute atomic E-state index is 0.0357. The number of aromatic nitrogens is 1. The van der Waals surface area contributed by atoms with Crippen molar-refractivity contribution in [3.63, 3.8) is 0 Å². The first kappa shape index (κ1) is 20.3. The number of fused-ring (bicyclic) bond motifs is 1. The zero-order valence-electron chi connectivity index (χ0n) is 18.3. The Morgan fingerprint density at radius 1 is 1.16 bits per heavy atom. The highest BCUT2D eigenvalue weighted by atomic mass is 16.5. The van der Waals surface area contributed by atoms with E-state index in [0.29, 0.717) is 23.8 Å². The third-order valence-corrected chi connectivity index (χ3v) is 7.75. The van der Waals surface area contributed by atoms with Crippen molar-refractivity contribution in [1.82, 2.24) is 10.3 Å². The number of esters is 1. The van der Waals surface area contributed by atoms with Crippen LogP contribution in [0.3, 0.4) is 0 Å². The van der Waals surface area contributed by atoms with Gasteiger partial charge in [0.2, 0.25) is 11.7 Å². The van der Waals surface area contributed by atoms with Crippen LogP contribution in [0.4, 0.5) is 0 Å². The molecular formula is C25H30N2O4. The second-order valence-corrected chi connectivity index (χ2v) is 10.1. The van der Waals surface area contributed by atoms with Gasteiger partial charge in [-0.1, -0.05) is 25.1 Å². The Labute approximate surface area is 182 Å². The van der Waals surface area contributed by atoms with Gasteiger partial charge in [0.05, 0.1) is 5.41 Å². The average Bonchev–Trinajstić information content (AvgIpc) is 3.14. The predicted octanol–water partition coefficient (Wildman–Crippen LogP) is 3.93. The topological polar surface area (TPSA) is 88.3 Å². The molecule has 4 bridgehead atoms. The van der Waals surface area contributed by atoms with E-state index in [-0.39, 0.29) is 29.8 Å². The number of ether oxygens (including phenoxy) is 1. The molecule has 0 saturated heterocycles. The number of ketones is 1. The highest BCUT2D eigenvalue weighted by Crippen LogP contribution is 2.62. The molecule has 4 saturated carbocycles. The lowest BCUT2D eigenvalue weighted by Gasteiger charge is -2.60. The summed E-state index contributed by atoms with van der Waals surface area (Å²) in [7, 11) is 0. The lowest BCUT2D eigenvalue weighted by atomic mass is 9.47. The van der Waals surface area contributed by atoms with Gasteiger partial charge in [0.25, 0.3) is 0 Å². The maximum Gasteiger partial charge on any atom is 0.312 e. The summed E-state index contributed by atoms with van der Waals surface area (Å²) >= 11 is 0. The van der Waals surface area contributed by atoms with Crippen LogP contribution >= 0.6 is 0 Å². The molecule has 31 heavy (non-hydrogen) atoms. The Bertz CT molecular complexity index is 1050. The molecule has 4 aliphatic carbocycles. The van der Waals surface area contributed by atoms with Crippen LogP contribution in [0.2, 0.25) is 0 Å². The summed E-state index contributed by atoms with van der Waals surface area (Å²) in [4.78, 5) is 41.2. The molecule has 1 aromatic carbocycles. The fourth-order valence-corrected chi connectivity index (χ4v) is 7.13. The molecule has 1 aromatic heterocycles. The van der Waals surface area contributed by atoms with Crippen molar-refractivity contribution >= 4 is 28.6 Å². The number of hydrogen-bond acceptors (Lipinski definition) is 4. The van der Waals surface area contributed by atoms with Crippen LogP contribution < -0.4 is 5.32 Å². The van der Waals surface area contributed by atoms with Gasteiger partial charge in [0.1, 0.15) is 0 Å². The van der Waals surface area contributed by atoms with Crippen molar-refractivity contribution < 1.29 is 19.1 Å². The fraction of sp³-hybridized carbons (Fsp3) is 0.560. The summed E-state index contributed by atoms with van der Waals surface area (Å²) < 4.78 is 5.65. The lowest BCUT2D eigenvalue weighted by molar-refractivity contribution is -0.174. The quantitative estimate of drug-likeness (QED) is 0.545. The number of benzene rings is 1. The lowest BCUT2D eigenvalue weighted by Crippen LogP contribution is -2.64. The molecule has 2 atom stereocenters. The zero-order valence-corrected chi connectivity index (χ0v) is 18.3. The smallest absolute Gasteiger partial charge is 0.312 e. The third-order valence-electron chi connectivity index (χ3n) is 7.75. The molecule has 0 spiro atoms. The summed E-state index contributed by atoms with van der Waals surface area (Å²) in [5, 5.41) is 4.04. The Kier molecular flexibility index (Phi) is 4.72. The molecule has 0 aliphatic heterocycles. The third kappa shape index (κ3) is 3.36.